The first kappa shape index (κ1) is 71.2. The minimum absolute atomic E-state index is 0.383. The molecule has 0 saturated heterocycles. The van der Waals surface area contributed by atoms with Gasteiger partial charge in [0.15, 0.2) is 12.3 Å². The zero-order valence-corrected chi connectivity index (χ0v) is 45.1. The summed E-state index contributed by atoms with van der Waals surface area (Å²) in [5.41, 5.74) is 3.30. The van der Waals surface area contributed by atoms with Gasteiger partial charge in [-0.3, -0.25) is 4.79 Å². The fraction of sp³-hybridized carbons (Fsp3) is 0.259. The minimum Gasteiger partial charge on any atom is -0.490 e. The molecular weight excluding hydrogens is 924 g/mol. The van der Waals surface area contributed by atoms with Gasteiger partial charge in [0, 0.05) is 331 Å². The van der Waals surface area contributed by atoms with Gasteiger partial charge in [-0.05, 0) is 24.3 Å². The Morgan fingerprint density at radius 1 is 0.519 bits per heavy atom. The van der Waals surface area contributed by atoms with Gasteiger partial charge in [0.1, 0.15) is 30.4 Å². The average molecular weight is 954 g/mol. The van der Waals surface area contributed by atoms with Crippen LogP contribution in [0.4, 0.5) is 11.4 Å². The van der Waals surface area contributed by atoms with Gasteiger partial charge in [-0.25, -0.2) is 9.97 Å². The van der Waals surface area contributed by atoms with Crippen molar-refractivity contribution >= 4 is 316 Å². The summed E-state index contributed by atoms with van der Waals surface area (Å²) in [6.45, 7) is 2.96. The van der Waals surface area contributed by atoms with Crippen molar-refractivity contribution in [1.29, 1.82) is 5.26 Å². The monoisotopic (exact) mass is 962 g/mol. The largest absolute Gasteiger partial charge is 0.490 e. The van der Waals surface area contributed by atoms with Gasteiger partial charge in [0.05, 0.1) is 42.3 Å². The maximum atomic E-state index is 9.94. The molecule has 2 aliphatic rings. The lowest BCUT2D eigenvalue weighted by Crippen LogP contribution is -2.93. The summed E-state index contributed by atoms with van der Waals surface area (Å²) < 4.78 is 14.6. The minimum atomic E-state index is -1.30. The van der Waals surface area contributed by atoms with Gasteiger partial charge in [0.2, 0.25) is 0 Å². The predicted molar refractivity (Wildman–Crippen MR) is 382 cm³/mol. The predicted octanol–water partition coefficient (Wildman–Crippen LogP) is -12.4. The third kappa shape index (κ3) is 20.3. The highest BCUT2D eigenvalue weighted by molar-refractivity contribution is 8.33. The van der Waals surface area contributed by atoms with Crippen LogP contribution >= 0.6 is 0 Å². The Balaban J connectivity index is 0.000000350. The Kier molecular flexibility index (Phi) is 31.2. The van der Waals surface area contributed by atoms with Crippen LogP contribution in [0.25, 0.3) is 0 Å². The molecule has 0 aliphatic carbocycles. The van der Waals surface area contributed by atoms with Gasteiger partial charge in [-0.1, -0.05) is 24.3 Å². The lowest BCUT2D eigenvalue weighted by molar-refractivity contribution is 0.111. The molecule has 0 amide bonds. The normalized spacial score (nSPS) is 11.6. The molecule has 2 aromatic heterocycles. The number of nitriles is 1. The Hall–Kier alpha value is -2.05. The van der Waals surface area contributed by atoms with E-state index in [1.54, 1.807) is 23.4 Å². The van der Waals surface area contributed by atoms with E-state index in [1.807, 2.05) is 78.3 Å². The molecule has 2 aromatic carbocycles. The molecule has 6 rings (SSSR count). The van der Waals surface area contributed by atoms with E-state index < -0.39 is 128 Å². The Labute approximate surface area is 509 Å². The fourth-order valence-electron chi connectivity index (χ4n) is 10.8. The second kappa shape index (κ2) is 34.7. The van der Waals surface area contributed by atoms with Crippen LogP contribution in [0.15, 0.2) is 73.6 Å². The number of benzene rings is 2. The average Bonchev–Trinajstić information content (AvgIpc) is 4.11. The summed E-state index contributed by atoms with van der Waals surface area (Å²) >= 11 is 0. The number of para-hydroxylation sites is 4. The quantitative estimate of drug-likeness (QED) is 0.0613. The first-order valence-corrected chi connectivity index (χ1v) is 25.5. The SMILES string of the molecule is Cn1cnc(C(C#N)N2CCOc3ccccc32)c1.Cn1cnc(C=O)c1.[B]B([B])B(B([B])[B])B(B([B])[B])B(B(B(B([B])[B])B([B])[B])B(B([B])[B])B([B])[B])B(B(B([B])[B])B([B])[B])B(B([B])[B])B([B])[B].c1ccc2c(c1)NCCO2. The van der Waals surface area contributed by atoms with E-state index in [1.165, 1.54) is 0 Å². The number of fused-ring (bicyclic) bond motifs is 2. The first-order chi connectivity index (χ1) is 37.1. The number of aryl methyl sites for hydroxylation is 2. The first-order valence-electron chi connectivity index (χ1n) is 25.5. The number of anilines is 2. The smallest absolute Gasteiger partial charge is 0.169 e. The fourth-order valence-corrected chi connectivity index (χ4v) is 10.8. The van der Waals surface area contributed by atoms with Crippen LogP contribution < -0.4 is 19.7 Å². The molecule has 0 saturated carbocycles. The number of carbonyl (C=O) groups excluding carboxylic acids is 1. The molecule has 1 unspecified atom stereocenters. The zero-order chi connectivity index (χ0) is 59.6. The molecule has 1 N–H and O–H groups in total. The Morgan fingerprint density at radius 3 is 1.27 bits per heavy atom. The van der Waals surface area contributed by atoms with E-state index in [2.05, 4.69) is 21.4 Å². The van der Waals surface area contributed by atoms with Crippen LogP contribution in [-0.2, 0) is 14.1 Å². The number of hydrogen-bond donors (Lipinski definition) is 1. The van der Waals surface area contributed by atoms with Gasteiger partial charge in [0.25, 0.3) is 0 Å². The van der Waals surface area contributed by atoms with Gasteiger partial charge >= 0.3 is 0 Å². The lowest BCUT2D eigenvalue weighted by Gasteiger charge is -2.55. The molecule has 2 aliphatic heterocycles. The van der Waals surface area contributed by atoms with E-state index in [9.17, 15) is 10.1 Å². The molecule has 52 heteroatoms. The van der Waals surface area contributed by atoms with Crippen molar-refractivity contribution in [3.63, 3.8) is 0 Å². The number of ether oxygens (including phenoxy) is 2. The Morgan fingerprint density at radius 2 is 0.899 bits per heavy atom. The van der Waals surface area contributed by atoms with E-state index >= 15 is 0 Å². The number of rotatable bonds is 22. The third-order valence-corrected chi connectivity index (χ3v) is 14.1. The molecule has 1 atom stereocenters. The van der Waals surface area contributed by atoms with E-state index in [0.717, 1.165) is 48.0 Å². The van der Waals surface area contributed by atoms with E-state index in [0.29, 0.717) is 18.8 Å². The molecule has 79 heavy (non-hydrogen) atoms. The summed E-state index contributed by atoms with van der Waals surface area (Å²) in [7, 11) is 142. The number of hydrogen-bond acceptors (Lipinski definition) is 8. The standard InChI is InChI=1S/C14H14N4O.C8H9NO.C5H6N2O.B42/c1-17-9-11(16-10-17)13(8-15)18-6-7-19-14-5-3-2-4-12(14)18;1-2-4-8-7(3-1)9-5-6-10-8;1-7-2-5(3-8)6-4-7;1-23(2)34(24(3)4)39(33(21)22)42(40(35(25(5)6)26(7)8)36(27(9)10)28(11)12)41(37(29(13)14)30(15)16)38(31(17)18)32(19)20/h2-5,9-10,13H,6-7H2,1H3;1-4,9H,5-6H2;2-4H,1H3;. The second-order valence-corrected chi connectivity index (χ2v) is 19.9. The van der Waals surface area contributed by atoms with Gasteiger partial charge in [-0.15, -0.1) is 0 Å². The van der Waals surface area contributed by atoms with Crippen LogP contribution in [0.3, 0.4) is 0 Å². The van der Waals surface area contributed by atoms with Crippen LogP contribution in [0.5, 0.6) is 11.5 Å². The number of carbonyl (C=O) groups is 1. The molecule has 0 spiro atoms. The van der Waals surface area contributed by atoms with Crippen molar-refractivity contribution in [1.82, 2.24) is 19.1 Å². The maximum Gasteiger partial charge on any atom is 0.169 e. The van der Waals surface area contributed by atoms with Gasteiger partial charge < -0.3 is 28.8 Å². The highest BCUT2D eigenvalue weighted by atomic mass is 16.5. The van der Waals surface area contributed by atoms with Crippen LogP contribution in [0.2, 0.25) is 0 Å². The van der Waals surface area contributed by atoms with Crippen molar-refractivity contribution in [2.45, 2.75) is 6.04 Å². The molecule has 44 radical (unpaired) electrons. The summed E-state index contributed by atoms with van der Waals surface area (Å²) in [6, 6.07) is 17.7. The Bertz CT molecular complexity index is 2280. The van der Waals surface area contributed by atoms with Crippen LogP contribution in [0, 0.1) is 11.3 Å². The zero-order valence-electron chi connectivity index (χ0n) is 45.1. The molecule has 0 bridgehead atoms. The van der Waals surface area contributed by atoms with Crippen molar-refractivity contribution in [2.24, 2.45) is 14.1 Å². The summed E-state index contributed by atoms with van der Waals surface area (Å²) in [5.74, 6) is 1.79. The molecule has 0 fully saturated rings. The highest BCUT2D eigenvalue weighted by Crippen LogP contribution is 2.36. The summed E-state index contributed by atoms with van der Waals surface area (Å²) in [5, 5.41) is 12.7. The van der Waals surface area contributed by atoms with Crippen LogP contribution in [0.1, 0.15) is 22.2 Å². The van der Waals surface area contributed by atoms with Crippen molar-refractivity contribution in [3.8, 4) is 17.6 Å². The van der Waals surface area contributed by atoms with Crippen LogP contribution in [-0.4, -0.2) is 350 Å². The summed E-state index contributed by atoms with van der Waals surface area (Å²) in [6.07, 6.45) is -15.9. The van der Waals surface area contributed by atoms with Gasteiger partial charge in [-0.2, -0.15) is 5.26 Å². The van der Waals surface area contributed by atoms with Crippen molar-refractivity contribution in [2.75, 3.05) is 36.5 Å². The number of aldehydes is 1. The molecule has 4 aromatic rings. The third-order valence-electron chi connectivity index (χ3n) is 14.1. The van der Waals surface area contributed by atoms with Crippen molar-refractivity contribution in [3.05, 3.63) is 85.0 Å². The number of nitrogens with one attached hydrogen (secondary N) is 1. The maximum absolute atomic E-state index is 9.94. The van der Waals surface area contributed by atoms with Crippen molar-refractivity contribution < 1.29 is 14.3 Å². The molecular formula is C27H29B42N7O3. The highest BCUT2D eigenvalue weighted by Gasteiger charge is 2.57. The number of aromatic nitrogens is 4. The topological polar surface area (TPSA) is 110 Å². The number of imidazole rings is 2. The molecule has 4 heterocycles. The second-order valence-electron chi connectivity index (χ2n) is 19.9. The molecule has 316 valence electrons. The lowest BCUT2D eigenvalue weighted by atomic mass is 8.27. The number of nitrogens with zero attached hydrogens (tertiary/aromatic N) is 6. The van der Waals surface area contributed by atoms with E-state index in [4.69, 9.17) is 180 Å². The summed E-state index contributed by atoms with van der Waals surface area (Å²) in [4.78, 5) is 20.0. The molecule has 10 nitrogen and oxygen atoms in total. The van der Waals surface area contributed by atoms with E-state index in [-0.39, 0.29) is 6.04 Å².